The van der Waals surface area contributed by atoms with E-state index in [9.17, 15) is 13.6 Å². The van der Waals surface area contributed by atoms with Gasteiger partial charge >= 0.3 is 0 Å². The van der Waals surface area contributed by atoms with Gasteiger partial charge in [-0.2, -0.15) is 0 Å². The van der Waals surface area contributed by atoms with Crippen molar-refractivity contribution in [2.45, 2.75) is 5.92 Å². The summed E-state index contributed by atoms with van der Waals surface area (Å²) in [5.41, 5.74) is 2.79. The average Bonchev–Trinajstić information content (AvgIpc) is 2.64. The highest BCUT2D eigenvalue weighted by atomic mass is 19.1. The smallest absolute Gasteiger partial charge is 0.255 e. The Hall–Kier alpha value is -3.19. The summed E-state index contributed by atoms with van der Waals surface area (Å²) in [6.07, 6.45) is 2.11. The summed E-state index contributed by atoms with van der Waals surface area (Å²) in [5, 5.41) is 9.00. The molecule has 1 unspecified atom stereocenters. The van der Waals surface area contributed by atoms with Crippen molar-refractivity contribution in [3.63, 3.8) is 0 Å². The maximum absolute atomic E-state index is 14.1. The minimum absolute atomic E-state index is 0.139. The standard InChI is InChI=1S/C18H13F2N3O2/c19-13-9-21-17(22-10-13)12-7-5-11(6-8-12)16(18(24)23-25)14-3-1-2-4-15(14)20/h1-10,16,25H,(H,23,24). The molecule has 0 bridgehead atoms. The normalized spacial score (nSPS) is 11.8. The van der Waals surface area contributed by atoms with Crippen LogP contribution < -0.4 is 5.48 Å². The Morgan fingerprint density at radius 3 is 2.24 bits per heavy atom. The van der Waals surface area contributed by atoms with E-state index in [1.807, 2.05) is 0 Å². The number of rotatable bonds is 4. The van der Waals surface area contributed by atoms with Gasteiger partial charge in [0.15, 0.2) is 11.6 Å². The molecule has 0 aliphatic rings. The Morgan fingerprint density at radius 1 is 1.00 bits per heavy atom. The van der Waals surface area contributed by atoms with Gasteiger partial charge in [-0.05, 0) is 11.6 Å². The molecule has 126 valence electrons. The number of aromatic nitrogens is 2. The molecule has 0 spiro atoms. The first-order valence-electron chi connectivity index (χ1n) is 7.36. The molecule has 5 nitrogen and oxygen atoms in total. The van der Waals surface area contributed by atoms with Crippen molar-refractivity contribution in [3.05, 3.63) is 83.7 Å². The Balaban J connectivity index is 1.98. The van der Waals surface area contributed by atoms with Crippen molar-refractivity contribution in [1.29, 1.82) is 0 Å². The van der Waals surface area contributed by atoms with E-state index in [0.717, 1.165) is 12.4 Å². The van der Waals surface area contributed by atoms with Crippen LogP contribution in [0, 0.1) is 11.6 Å². The molecule has 3 rings (SSSR count). The molecular weight excluding hydrogens is 328 g/mol. The van der Waals surface area contributed by atoms with Crippen LogP contribution in [-0.2, 0) is 4.79 Å². The SMILES string of the molecule is O=C(NO)C(c1ccc(-c2ncc(F)cn2)cc1)c1ccccc1F. The van der Waals surface area contributed by atoms with E-state index in [2.05, 4.69) is 9.97 Å². The Morgan fingerprint density at radius 2 is 1.64 bits per heavy atom. The maximum atomic E-state index is 14.1. The molecule has 0 aliphatic carbocycles. The van der Waals surface area contributed by atoms with Gasteiger partial charge in [0.25, 0.3) is 5.91 Å². The number of carbonyl (C=O) groups is 1. The Kier molecular flexibility index (Phi) is 4.76. The van der Waals surface area contributed by atoms with Crippen LogP contribution in [-0.4, -0.2) is 21.1 Å². The number of benzene rings is 2. The summed E-state index contributed by atoms with van der Waals surface area (Å²) < 4.78 is 27.0. The quantitative estimate of drug-likeness (QED) is 0.565. The fraction of sp³-hybridized carbons (Fsp3) is 0.0556. The number of hydrogen-bond donors (Lipinski definition) is 2. The van der Waals surface area contributed by atoms with Crippen molar-refractivity contribution >= 4 is 5.91 Å². The highest BCUT2D eigenvalue weighted by Gasteiger charge is 2.25. The molecule has 2 aromatic carbocycles. The van der Waals surface area contributed by atoms with Crippen LogP contribution in [0.3, 0.4) is 0 Å². The van der Waals surface area contributed by atoms with Crippen molar-refractivity contribution in [2.75, 3.05) is 0 Å². The van der Waals surface area contributed by atoms with E-state index >= 15 is 0 Å². The lowest BCUT2D eigenvalue weighted by molar-refractivity contribution is -0.129. The third-order valence-corrected chi connectivity index (χ3v) is 3.71. The van der Waals surface area contributed by atoms with Crippen LogP contribution in [0.15, 0.2) is 60.9 Å². The summed E-state index contributed by atoms with van der Waals surface area (Å²) in [6, 6.07) is 12.3. The summed E-state index contributed by atoms with van der Waals surface area (Å²) in [7, 11) is 0. The zero-order valence-corrected chi connectivity index (χ0v) is 12.9. The fourth-order valence-electron chi connectivity index (χ4n) is 2.53. The number of amides is 1. The summed E-state index contributed by atoms with van der Waals surface area (Å²) in [4.78, 5) is 19.8. The van der Waals surface area contributed by atoms with E-state index in [1.54, 1.807) is 35.8 Å². The molecule has 0 aliphatic heterocycles. The van der Waals surface area contributed by atoms with Gasteiger partial charge in [-0.1, -0.05) is 42.5 Å². The predicted octanol–water partition coefficient (Wildman–Crippen LogP) is 3.06. The average molecular weight is 341 g/mol. The second kappa shape index (κ2) is 7.14. The van der Waals surface area contributed by atoms with E-state index in [4.69, 9.17) is 5.21 Å². The highest BCUT2D eigenvalue weighted by molar-refractivity contribution is 5.86. The highest BCUT2D eigenvalue weighted by Crippen LogP contribution is 2.28. The number of halogens is 2. The first-order chi connectivity index (χ1) is 12.1. The van der Waals surface area contributed by atoms with Crippen LogP contribution in [0.2, 0.25) is 0 Å². The van der Waals surface area contributed by atoms with Gasteiger partial charge in [0.2, 0.25) is 0 Å². The van der Waals surface area contributed by atoms with Crippen molar-refractivity contribution in [1.82, 2.24) is 15.4 Å². The molecule has 0 saturated heterocycles. The van der Waals surface area contributed by atoms with Gasteiger partial charge in [0.05, 0.1) is 18.3 Å². The lowest BCUT2D eigenvalue weighted by Crippen LogP contribution is -2.27. The summed E-state index contributed by atoms with van der Waals surface area (Å²) >= 11 is 0. The number of nitrogens with zero attached hydrogens (tertiary/aromatic N) is 2. The fourth-order valence-corrected chi connectivity index (χ4v) is 2.53. The number of hydroxylamine groups is 1. The van der Waals surface area contributed by atoms with Crippen LogP contribution in [0.1, 0.15) is 17.0 Å². The zero-order chi connectivity index (χ0) is 17.8. The molecule has 0 radical (unpaired) electrons. The molecule has 1 amide bonds. The van der Waals surface area contributed by atoms with Gasteiger partial charge in [-0.3, -0.25) is 10.0 Å². The third-order valence-electron chi connectivity index (χ3n) is 3.71. The van der Waals surface area contributed by atoms with Crippen LogP contribution >= 0.6 is 0 Å². The van der Waals surface area contributed by atoms with Gasteiger partial charge in [-0.25, -0.2) is 24.2 Å². The number of hydrogen-bond acceptors (Lipinski definition) is 4. The third kappa shape index (κ3) is 3.51. The number of carbonyl (C=O) groups excluding carboxylic acids is 1. The first kappa shape index (κ1) is 16.7. The largest absolute Gasteiger partial charge is 0.289 e. The van der Waals surface area contributed by atoms with Crippen molar-refractivity contribution < 1.29 is 18.8 Å². The van der Waals surface area contributed by atoms with E-state index in [1.165, 1.54) is 18.2 Å². The maximum Gasteiger partial charge on any atom is 0.255 e. The minimum Gasteiger partial charge on any atom is -0.289 e. The molecule has 0 saturated carbocycles. The lowest BCUT2D eigenvalue weighted by atomic mass is 9.89. The van der Waals surface area contributed by atoms with Gasteiger partial charge in [-0.15, -0.1) is 0 Å². The van der Waals surface area contributed by atoms with Crippen LogP contribution in [0.4, 0.5) is 8.78 Å². The lowest BCUT2D eigenvalue weighted by Gasteiger charge is -2.17. The van der Waals surface area contributed by atoms with E-state index in [0.29, 0.717) is 17.0 Å². The van der Waals surface area contributed by atoms with E-state index in [-0.39, 0.29) is 5.56 Å². The van der Waals surface area contributed by atoms with E-state index < -0.39 is 23.5 Å². The van der Waals surface area contributed by atoms with Crippen molar-refractivity contribution in [3.8, 4) is 11.4 Å². The topological polar surface area (TPSA) is 75.1 Å². The molecule has 1 heterocycles. The second-order valence-electron chi connectivity index (χ2n) is 5.28. The molecule has 25 heavy (non-hydrogen) atoms. The molecule has 3 aromatic rings. The monoisotopic (exact) mass is 341 g/mol. The van der Waals surface area contributed by atoms with Crippen LogP contribution in [0.25, 0.3) is 11.4 Å². The molecule has 1 atom stereocenters. The molecule has 7 heteroatoms. The van der Waals surface area contributed by atoms with Gasteiger partial charge in [0.1, 0.15) is 5.82 Å². The van der Waals surface area contributed by atoms with Gasteiger partial charge < -0.3 is 0 Å². The minimum atomic E-state index is -1.02. The molecule has 1 aromatic heterocycles. The second-order valence-corrected chi connectivity index (χ2v) is 5.28. The first-order valence-corrected chi connectivity index (χ1v) is 7.36. The Labute approximate surface area is 142 Å². The zero-order valence-electron chi connectivity index (χ0n) is 12.9. The molecule has 0 fully saturated rings. The van der Waals surface area contributed by atoms with Crippen molar-refractivity contribution in [2.24, 2.45) is 0 Å². The predicted molar refractivity (Wildman–Crippen MR) is 85.6 cm³/mol. The number of nitrogens with one attached hydrogen (secondary N) is 1. The summed E-state index contributed by atoms with van der Waals surface area (Å²) in [5.74, 6) is -2.55. The molecular formula is C18H13F2N3O2. The van der Waals surface area contributed by atoms with Crippen LogP contribution in [0.5, 0.6) is 0 Å². The summed E-state index contributed by atoms with van der Waals surface area (Å²) in [6.45, 7) is 0. The molecule has 2 N–H and O–H groups in total. The Bertz CT molecular complexity index is 884. The van der Waals surface area contributed by atoms with Gasteiger partial charge in [0, 0.05) is 11.1 Å².